The maximum absolute atomic E-state index is 12.5. The minimum atomic E-state index is -0.213. The molecule has 0 saturated carbocycles. The lowest BCUT2D eigenvalue weighted by molar-refractivity contribution is 0.102. The zero-order valence-electron chi connectivity index (χ0n) is 14.4. The van der Waals surface area contributed by atoms with Crippen molar-refractivity contribution in [1.29, 1.82) is 0 Å². The number of rotatable bonds is 6. The zero-order valence-corrected chi connectivity index (χ0v) is 16.0. The highest BCUT2D eigenvalue weighted by Crippen LogP contribution is 2.22. The van der Waals surface area contributed by atoms with Gasteiger partial charge in [0.05, 0.1) is 25.2 Å². The van der Waals surface area contributed by atoms with Crippen molar-refractivity contribution in [3.8, 4) is 11.5 Å². The molecule has 0 radical (unpaired) electrons. The predicted octanol–water partition coefficient (Wildman–Crippen LogP) is 4.25. The Labute approximate surface area is 159 Å². The standard InChI is InChI=1S/C19H18BrN3O3/c1-13-17(4-3-5-18(13)25-2)19(24)22-15-10-21-23(11-15)12-26-16-8-6-14(20)7-9-16/h3-11H,12H2,1-2H3,(H,22,24). The molecule has 0 aliphatic carbocycles. The molecule has 0 bridgehead atoms. The molecule has 0 spiro atoms. The lowest BCUT2D eigenvalue weighted by Crippen LogP contribution is -2.13. The summed E-state index contributed by atoms with van der Waals surface area (Å²) in [5.41, 5.74) is 1.94. The zero-order chi connectivity index (χ0) is 18.5. The average Bonchev–Trinajstić information content (AvgIpc) is 3.08. The van der Waals surface area contributed by atoms with E-state index < -0.39 is 0 Å². The Kier molecular flexibility index (Phi) is 5.58. The van der Waals surface area contributed by atoms with Crippen LogP contribution >= 0.6 is 15.9 Å². The number of ether oxygens (including phenoxy) is 2. The van der Waals surface area contributed by atoms with Crippen molar-refractivity contribution in [2.75, 3.05) is 12.4 Å². The Hall–Kier alpha value is -2.80. The lowest BCUT2D eigenvalue weighted by atomic mass is 10.1. The number of hydrogen-bond acceptors (Lipinski definition) is 4. The molecule has 3 rings (SSSR count). The van der Waals surface area contributed by atoms with E-state index in [0.717, 1.165) is 15.8 Å². The minimum Gasteiger partial charge on any atom is -0.496 e. The molecule has 6 nitrogen and oxygen atoms in total. The topological polar surface area (TPSA) is 65.4 Å². The van der Waals surface area contributed by atoms with Gasteiger partial charge in [0.15, 0.2) is 6.73 Å². The first-order valence-electron chi connectivity index (χ1n) is 7.92. The van der Waals surface area contributed by atoms with Crippen LogP contribution in [0.1, 0.15) is 15.9 Å². The summed E-state index contributed by atoms with van der Waals surface area (Å²) in [5, 5.41) is 7.03. The van der Waals surface area contributed by atoms with Crippen molar-refractivity contribution in [2.24, 2.45) is 0 Å². The van der Waals surface area contributed by atoms with Gasteiger partial charge in [-0.2, -0.15) is 5.10 Å². The largest absolute Gasteiger partial charge is 0.496 e. The fraction of sp³-hybridized carbons (Fsp3) is 0.158. The van der Waals surface area contributed by atoms with Gasteiger partial charge in [0.1, 0.15) is 11.5 Å². The average molecular weight is 416 g/mol. The fourth-order valence-corrected chi connectivity index (χ4v) is 2.71. The minimum absolute atomic E-state index is 0.213. The Morgan fingerprint density at radius 3 is 2.73 bits per heavy atom. The molecule has 0 unspecified atom stereocenters. The molecule has 1 heterocycles. The van der Waals surface area contributed by atoms with Crippen LogP contribution in [0.25, 0.3) is 0 Å². The molecule has 0 saturated heterocycles. The van der Waals surface area contributed by atoms with Crippen LogP contribution in [0.2, 0.25) is 0 Å². The second-order valence-electron chi connectivity index (χ2n) is 5.58. The highest BCUT2D eigenvalue weighted by atomic mass is 79.9. The van der Waals surface area contributed by atoms with Crippen LogP contribution in [0.3, 0.4) is 0 Å². The highest BCUT2D eigenvalue weighted by molar-refractivity contribution is 9.10. The summed E-state index contributed by atoms with van der Waals surface area (Å²) in [6.45, 7) is 2.10. The number of carbonyl (C=O) groups is 1. The van der Waals surface area contributed by atoms with Gasteiger partial charge in [-0.25, -0.2) is 4.68 Å². The fourth-order valence-electron chi connectivity index (χ4n) is 2.45. The number of methoxy groups -OCH3 is 1. The van der Waals surface area contributed by atoms with Crippen molar-refractivity contribution in [1.82, 2.24) is 9.78 Å². The van der Waals surface area contributed by atoms with Crippen LogP contribution in [-0.2, 0) is 6.73 Å². The van der Waals surface area contributed by atoms with E-state index in [4.69, 9.17) is 9.47 Å². The van der Waals surface area contributed by atoms with Crippen LogP contribution in [0.5, 0.6) is 11.5 Å². The summed E-state index contributed by atoms with van der Waals surface area (Å²) >= 11 is 3.38. The molecule has 134 valence electrons. The molecule has 1 aromatic heterocycles. The number of anilines is 1. The van der Waals surface area contributed by atoms with E-state index in [1.807, 2.05) is 37.3 Å². The number of carbonyl (C=O) groups excluding carboxylic acids is 1. The Morgan fingerprint density at radius 2 is 2.00 bits per heavy atom. The number of nitrogens with zero attached hydrogens (tertiary/aromatic N) is 2. The van der Waals surface area contributed by atoms with Crippen LogP contribution in [0.15, 0.2) is 59.3 Å². The molecule has 0 aliphatic heterocycles. The van der Waals surface area contributed by atoms with E-state index in [9.17, 15) is 4.79 Å². The van der Waals surface area contributed by atoms with Gasteiger partial charge < -0.3 is 14.8 Å². The van der Waals surface area contributed by atoms with Crippen molar-refractivity contribution >= 4 is 27.5 Å². The normalized spacial score (nSPS) is 10.4. The second-order valence-corrected chi connectivity index (χ2v) is 6.50. The van der Waals surface area contributed by atoms with E-state index in [-0.39, 0.29) is 12.6 Å². The number of benzene rings is 2. The SMILES string of the molecule is COc1cccc(C(=O)Nc2cnn(COc3ccc(Br)cc3)c2)c1C. The van der Waals surface area contributed by atoms with E-state index in [0.29, 0.717) is 17.0 Å². The first-order chi connectivity index (χ1) is 12.6. The van der Waals surface area contributed by atoms with Crippen LogP contribution in [-0.4, -0.2) is 22.8 Å². The molecule has 0 atom stereocenters. The van der Waals surface area contributed by atoms with Gasteiger partial charge >= 0.3 is 0 Å². The summed E-state index contributed by atoms with van der Waals surface area (Å²) in [4.78, 5) is 12.5. The quantitative estimate of drug-likeness (QED) is 0.653. The molecule has 0 aliphatic rings. The van der Waals surface area contributed by atoms with Crippen molar-refractivity contribution in [3.63, 3.8) is 0 Å². The van der Waals surface area contributed by atoms with Crippen LogP contribution < -0.4 is 14.8 Å². The van der Waals surface area contributed by atoms with Crippen LogP contribution in [0.4, 0.5) is 5.69 Å². The van der Waals surface area contributed by atoms with Gasteiger partial charge in [-0.15, -0.1) is 0 Å². The van der Waals surface area contributed by atoms with Gasteiger partial charge in [-0.1, -0.05) is 22.0 Å². The first kappa shape index (κ1) is 18.0. The lowest BCUT2D eigenvalue weighted by Gasteiger charge is -2.09. The molecule has 1 N–H and O–H groups in total. The molecule has 0 fully saturated rings. The third-order valence-corrected chi connectivity index (χ3v) is 4.35. The predicted molar refractivity (Wildman–Crippen MR) is 103 cm³/mol. The molecular weight excluding hydrogens is 398 g/mol. The van der Waals surface area contributed by atoms with Gasteiger partial charge in [0, 0.05) is 15.6 Å². The number of nitrogens with one attached hydrogen (secondary N) is 1. The van der Waals surface area contributed by atoms with Gasteiger partial charge in [-0.3, -0.25) is 4.79 Å². The second kappa shape index (κ2) is 8.05. The molecule has 3 aromatic rings. The Morgan fingerprint density at radius 1 is 1.23 bits per heavy atom. The maximum Gasteiger partial charge on any atom is 0.256 e. The van der Waals surface area contributed by atoms with Gasteiger partial charge in [0.2, 0.25) is 0 Å². The van der Waals surface area contributed by atoms with Gasteiger partial charge in [0.25, 0.3) is 5.91 Å². The summed E-state index contributed by atoms with van der Waals surface area (Å²) in [5.74, 6) is 1.20. The third kappa shape index (κ3) is 4.23. The monoisotopic (exact) mass is 415 g/mol. The maximum atomic E-state index is 12.5. The molecule has 26 heavy (non-hydrogen) atoms. The van der Waals surface area contributed by atoms with Gasteiger partial charge in [-0.05, 0) is 43.3 Å². The number of aromatic nitrogens is 2. The number of amides is 1. The van der Waals surface area contributed by atoms with Crippen LogP contribution in [0, 0.1) is 6.92 Å². The Balaban J connectivity index is 1.63. The summed E-state index contributed by atoms with van der Waals surface area (Å²) in [6.07, 6.45) is 3.30. The molecule has 2 aromatic carbocycles. The van der Waals surface area contributed by atoms with Crippen molar-refractivity contribution in [2.45, 2.75) is 13.7 Å². The number of halogens is 1. The van der Waals surface area contributed by atoms with E-state index in [1.54, 1.807) is 36.3 Å². The number of hydrogen-bond donors (Lipinski definition) is 1. The van der Waals surface area contributed by atoms with E-state index in [2.05, 4.69) is 26.3 Å². The van der Waals surface area contributed by atoms with E-state index >= 15 is 0 Å². The summed E-state index contributed by atoms with van der Waals surface area (Å²) in [6, 6.07) is 12.9. The summed E-state index contributed by atoms with van der Waals surface area (Å²) < 4.78 is 13.5. The molecule has 1 amide bonds. The highest BCUT2D eigenvalue weighted by Gasteiger charge is 2.13. The Bertz CT molecular complexity index is 907. The summed E-state index contributed by atoms with van der Waals surface area (Å²) in [7, 11) is 1.58. The third-order valence-electron chi connectivity index (χ3n) is 3.82. The molecular formula is C19H18BrN3O3. The smallest absolute Gasteiger partial charge is 0.256 e. The first-order valence-corrected chi connectivity index (χ1v) is 8.72. The van der Waals surface area contributed by atoms with Crippen molar-refractivity contribution in [3.05, 3.63) is 70.5 Å². The van der Waals surface area contributed by atoms with E-state index in [1.165, 1.54) is 0 Å². The van der Waals surface area contributed by atoms with Crippen molar-refractivity contribution < 1.29 is 14.3 Å². The molecule has 7 heteroatoms.